The second kappa shape index (κ2) is 5.54. The van der Waals surface area contributed by atoms with E-state index in [0.717, 1.165) is 0 Å². The van der Waals surface area contributed by atoms with Gasteiger partial charge in [0, 0.05) is 18.6 Å². The highest BCUT2D eigenvalue weighted by molar-refractivity contribution is 7.90. The number of nitrogens with one attached hydrogen (secondary N) is 1. The Morgan fingerprint density at radius 3 is 2.56 bits per heavy atom. The molecule has 0 spiro atoms. The molecule has 7 heteroatoms. The van der Waals surface area contributed by atoms with E-state index in [1.54, 1.807) is 20.8 Å². The van der Waals surface area contributed by atoms with Gasteiger partial charge in [-0.25, -0.2) is 13.1 Å². The molecule has 6 nitrogen and oxygen atoms in total. The molecular formula is C11H21NO5S. The molecule has 0 saturated carbocycles. The van der Waals surface area contributed by atoms with Crippen molar-refractivity contribution in [2.24, 2.45) is 0 Å². The van der Waals surface area contributed by atoms with E-state index in [4.69, 9.17) is 9.84 Å². The van der Waals surface area contributed by atoms with Gasteiger partial charge < -0.3 is 9.84 Å². The number of carbonyl (C=O) groups is 1. The maximum absolute atomic E-state index is 12.2. The Kier molecular flexibility index (Phi) is 4.74. The van der Waals surface area contributed by atoms with Crippen LogP contribution in [0.4, 0.5) is 0 Å². The van der Waals surface area contributed by atoms with Crippen LogP contribution in [-0.4, -0.2) is 43.0 Å². The van der Waals surface area contributed by atoms with E-state index in [2.05, 4.69) is 4.72 Å². The van der Waals surface area contributed by atoms with Gasteiger partial charge in [-0.1, -0.05) is 0 Å². The maximum atomic E-state index is 12.2. The minimum absolute atomic E-state index is 0.0633. The monoisotopic (exact) mass is 279 g/mol. The summed E-state index contributed by atoms with van der Waals surface area (Å²) in [5.74, 6) is -0.931. The van der Waals surface area contributed by atoms with Gasteiger partial charge in [-0.2, -0.15) is 0 Å². The lowest BCUT2D eigenvalue weighted by molar-refractivity contribution is -0.137. The van der Waals surface area contributed by atoms with Crippen molar-refractivity contribution in [1.29, 1.82) is 0 Å². The minimum Gasteiger partial charge on any atom is -0.481 e. The lowest BCUT2D eigenvalue weighted by atomic mass is 10.0. The highest BCUT2D eigenvalue weighted by Gasteiger charge is 2.38. The number of carboxylic acids is 1. The predicted octanol–water partition coefficient (Wildman–Crippen LogP) is 0.727. The number of hydrogen-bond acceptors (Lipinski definition) is 4. The maximum Gasteiger partial charge on any atom is 0.303 e. The lowest BCUT2D eigenvalue weighted by Gasteiger charge is -2.28. The summed E-state index contributed by atoms with van der Waals surface area (Å²) >= 11 is 0. The van der Waals surface area contributed by atoms with E-state index in [1.165, 1.54) is 0 Å². The molecule has 0 aliphatic carbocycles. The first-order valence-electron chi connectivity index (χ1n) is 6.00. The van der Waals surface area contributed by atoms with Crippen molar-refractivity contribution in [2.75, 3.05) is 6.61 Å². The van der Waals surface area contributed by atoms with Crippen molar-refractivity contribution >= 4 is 16.0 Å². The first-order chi connectivity index (χ1) is 8.14. The first-order valence-corrected chi connectivity index (χ1v) is 7.55. The van der Waals surface area contributed by atoms with Crippen LogP contribution < -0.4 is 4.72 Å². The second-order valence-electron chi connectivity index (χ2n) is 5.33. The molecule has 1 rings (SSSR count). The zero-order valence-corrected chi connectivity index (χ0v) is 11.8. The number of sulfonamides is 1. The third-order valence-corrected chi connectivity index (χ3v) is 5.34. The van der Waals surface area contributed by atoms with Crippen LogP contribution in [0.1, 0.15) is 40.0 Å². The molecule has 1 aliphatic heterocycles. The van der Waals surface area contributed by atoms with Crippen LogP contribution in [0.25, 0.3) is 0 Å². The van der Waals surface area contributed by atoms with E-state index < -0.39 is 26.8 Å². The first kappa shape index (κ1) is 15.4. The average Bonchev–Trinajstić information content (AvgIpc) is 2.61. The smallest absolute Gasteiger partial charge is 0.303 e. The number of ether oxygens (including phenoxy) is 1. The number of hydrogen-bond donors (Lipinski definition) is 2. The van der Waals surface area contributed by atoms with Gasteiger partial charge in [0.05, 0.1) is 6.10 Å². The molecule has 2 N–H and O–H groups in total. The molecule has 0 radical (unpaired) electrons. The van der Waals surface area contributed by atoms with Crippen LogP contribution in [0.15, 0.2) is 0 Å². The Labute approximate surface area is 108 Å². The largest absolute Gasteiger partial charge is 0.481 e. The van der Waals surface area contributed by atoms with Crippen molar-refractivity contribution in [2.45, 2.75) is 56.9 Å². The molecule has 0 bridgehead atoms. The second-order valence-corrected chi connectivity index (χ2v) is 7.23. The molecule has 2 atom stereocenters. The van der Waals surface area contributed by atoms with E-state index in [1.807, 2.05) is 0 Å². The predicted molar refractivity (Wildman–Crippen MR) is 66.8 cm³/mol. The fourth-order valence-electron chi connectivity index (χ4n) is 2.05. The summed E-state index contributed by atoms with van der Waals surface area (Å²) < 4.78 is 32.2. The standard InChI is InChI=1S/C11H21NO5S/c1-8-9(5-7-17-8)18(15,16)12-11(2,3)6-4-10(13)14/h8-9,12H,4-7H2,1-3H3,(H,13,14). The summed E-state index contributed by atoms with van der Waals surface area (Å²) in [5, 5.41) is 8.08. The van der Waals surface area contributed by atoms with E-state index >= 15 is 0 Å². The molecule has 1 aliphatic rings. The SMILES string of the molecule is CC1OCCC1S(=O)(=O)NC(C)(C)CCC(=O)O. The zero-order chi connectivity index (χ0) is 14.0. The van der Waals surface area contributed by atoms with E-state index in [-0.39, 0.29) is 18.9 Å². The van der Waals surface area contributed by atoms with Crippen LogP contribution in [0, 0.1) is 0 Å². The highest BCUT2D eigenvalue weighted by atomic mass is 32.2. The molecule has 106 valence electrons. The van der Waals surface area contributed by atoms with Crippen molar-refractivity contribution in [3.05, 3.63) is 0 Å². The van der Waals surface area contributed by atoms with Gasteiger partial charge in [-0.3, -0.25) is 4.79 Å². The van der Waals surface area contributed by atoms with Gasteiger partial charge >= 0.3 is 5.97 Å². The molecule has 0 aromatic heterocycles. The molecule has 1 fully saturated rings. The molecule has 18 heavy (non-hydrogen) atoms. The molecule has 2 unspecified atom stereocenters. The Morgan fingerprint density at radius 2 is 2.11 bits per heavy atom. The van der Waals surface area contributed by atoms with Gasteiger partial charge in [0.1, 0.15) is 5.25 Å². The quantitative estimate of drug-likeness (QED) is 0.747. The summed E-state index contributed by atoms with van der Waals surface area (Å²) in [6.45, 7) is 5.56. The molecule has 0 aromatic rings. The molecule has 0 amide bonds. The van der Waals surface area contributed by atoms with Crippen molar-refractivity contribution in [1.82, 2.24) is 4.72 Å². The zero-order valence-electron chi connectivity index (χ0n) is 11.0. The fourth-order valence-corrected chi connectivity index (χ4v) is 4.06. The molecule has 0 aromatic carbocycles. The third kappa shape index (κ3) is 4.22. The van der Waals surface area contributed by atoms with Crippen LogP contribution in [0.3, 0.4) is 0 Å². The van der Waals surface area contributed by atoms with Gasteiger partial charge in [-0.05, 0) is 33.6 Å². The van der Waals surface area contributed by atoms with Crippen LogP contribution in [0.5, 0.6) is 0 Å². The van der Waals surface area contributed by atoms with Crippen molar-refractivity contribution in [3.63, 3.8) is 0 Å². The van der Waals surface area contributed by atoms with Gasteiger partial charge in [0.15, 0.2) is 0 Å². The summed E-state index contributed by atoms with van der Waals surface area (Å²) in [5.41, 5.74) is -0.764. The Morgan fingerprint density at radius 1 is 1.50 bits per heavy atom. The highest BCUT2D eigenvalue weighted by Crippen LogP contribution is 2.23. The summed E-state index contributed by atoms with van der Waals surface area (Å²) in [4.78, 5) is 10.5. The number of aliphatic carboxylic acids is 1. The average molecular weight is 279 g/mol. The summed E-state index contributed by atoms with van der Waals surface area (Å²) in [6, 6.07) is 0. The third-order valence-electron chi connectivity index (χ3n) is 3.09. The molecular weight excluding hydrogens is 258 g/mol. The molecule has 1 saturated heterocycles. The number of rotatable bonds is 6. The Balaban J connectivity index is 2.66. The Bertz CT molecular complexity index is 404. The van der Waals surface area contributed by atoms with Crippen molar-refractivity contribution in [3.8, 4) is 0 Å². The number of carboxylic acid groups (broad SMARTS) is 1. The van der Waals surface area contributed by atoms with Gasteiger partial charge in [0.2, 0.25) is 10.0 Å². The Hall–Kier alpha value is -0.660. The van der Waals surface area contributed by atoms with E-state index in [9.17, 15) is 13.2 Å². The normalized spacial score (nSPS) is 25.3. The lowest BCUT2D eigenvalue weighted by Crippen LogP contribution is -2.49. The van der Waals surface area contributed by atoms with Gasteiger partial charge in [0.25, 0.3) is 0 Å². The van der Waals surface area contributed by atoms with E-state index in [0.29, 0.717) is 13.0 Å². The molecule has 1 heterocycles. The van der Waals surface area contributed by atoms with Crippen molar-refractivity contribution < 1.29 is 23.1 Å². The summed E-state index contributed by atoms with van der Waals surface area (Å²) in [6.07, 6.45) is 0.346. The topological polar surface area (TPSA) is 92.7 Å². The fraction of sp³-hybridized carbons (Fsp3) is 0.909. The van der Waals surface area contributed by atoms with Crippen LogP contribution in [-0.2, 0) is 19.6 Å². The van der Waals surface area contributed by atoms with Crippen LogP contribution in [0.2, 0.25) is 0 Å². The summed E-state index contributed by atoms with van der Waals surface area (Å²) in [7, 11) is -3.48. The van der Waals surface area contributed by atoms with Crippen LogP contribution >= 0.6 is 0 Å². The van der Waals surface area contributed by atoms with Gasteiger partial charge in [-0.15, -0.1) is 0 Å². The minimum atomic E-state index is -3.48.